The fourth-order valence-corrected chi connectivity index (χ4v) is 4.16. The molecule has 1 amide bonds. The lowest BCUT2D eigenvalue weighted by Crippen LogP contribution is -2.24. The number of ether oxygens (including phenoxy) is 2. The molecule has 0 saturated heterocycles. The molecule has 4 aromatic rings. The topological polar surface area (TPSA) is 51.7 Å². The van der Waals surface area contributed by atoms with Crippen molar-refractivity contribution in [3.05, 3.63) is 107 Å². The summed E-state index contributed by atoms with van der Waals surface area (Å²) in [6.07, 6.45) is 5.50. The van der Waals surface area contributed by atoms with E-state index in [0.717, 1.165) is 33.4 Å². The minimum atomic E-state index is -0.122. The Bertz CT molecular complexity index is 1460. The number of fused-ring (bicyclic) bond motifs is 1. The van der Waals surface area contributed by atoms with E-state index in [-0.39, 0.29) is 5.91 Å². The first-order valence-electron chi connectivity index (χ1n) is 10.7. The van der Waals surface area contributed by atoms with Crippen LogP contribution >= 0.6 is 11.6 Å². The van der Waals surface area contributed by atoms with E-state index < -0.39 is 0 Å². The number of carbonyl (C=O) groups is 1. The summed E-state index contributed by atoms with van der Waals surface area (Å²) in [6, 6.07) is 22.7. The molecule has 0 aliphatic carbocycles. The van der Waals surface area contributed by atoms with Gasteiger partial charge in [0.25, 0.3) is 5.91 Å². The summed E-state index contributed by atoms with van der Waals surface area (Å²) < 4.78 is 10.7. The van der Waals surface area contributed by atoms with Crippen LogP contribution in [0.15, 0.2) is 90.6 Å². The predicted molar refractivity (Wildman–Crippen MR) is 136 cm³/mol. The number of benzene rings is 3. The highest BCUT2D eigenvalue weighted by Gasteiger charge is 2.30. The first-order valence-corrected chi connectivity index (χ1v) is 11.1. The quantitative estimate of drug-likeness (QED) is 0.319. The van der Waals surface area contributed by atoms with Crippen LogP contribution in [0.25, 0.3) is 22.7 Å². The summed E-state index contributed by atoms with van der Waals surface area (Å²) in [6.45, 7) is 0. The SMILES string of the molecule is COc1ccc(/C=C2\C=C(c3ccc(Cl)cc3)N(c3ccc4ncccc4c3)C2=O)cc1OC. The molecule has 5 nitrogen and oxygen atoms in total. The average molecular weight is 469 g/mol. The van der Waals surface area contributed by atoms with Gasteiger partial charge in [-0.3, -0.25) is 14.7 Å². The van der Waals surface area contributed by atoms with Gasteiger partial charge < -0.3 is 9.47 Å². The lowest BCUT2D eigenvalue weighted by atomic mass is 10.1. The number of anilines is 1. The zero-order valence-electron chi connectivity index (χ0n) is 18.7. The number of rotatable bonds is 5. The van der Waals surface area contributed by atoms with E-state index in [1.807, 2.05) is 84.9 Å². The molecule has 1 aliphatic rings. The van der Waals surface area contributed by atoms with Crippen molar-refractivity contribution in [2.45, 2.75) is 0 Å². The zero-order valence-corrected chi connectivity index (χ0v) is 19.4. The maximum Gasteiger partial charge on any atom is 0.262 e. The first kappa shape index (κ1) is 21.7. The minimum absolute atomic E-state index is 0.122. The molecule has 0 spiro atoms. The van der Waals surface area contributed by atoms with Crippen LogP contribution in [0.1, 0.15) is 11.1 Å². The second-order valence-corrected chi connectivity index (χ2v) is 8.21. The standard InChI is InChI=1S/C28H21ClN2O3/c1-33-26-12-5-18(15-27(26)34-2)14-21-17-25(19-6-8-22(29)9-7-19)31(28(21)32)23-10-11-24-20(16-23)4-3-13-30-24/h3-17H,1-2H3/b21-14+. The van der Waals surface area contributed by atoms with Gasteiger partial charge in [0.2, 0.25) is 0 Å². The van der Waals surface area contributed by atoms with Crippen molar-refractivity contribution in [3.63, 3.8) is 0 Å². The van der Waals surface area contributed by atoms with Crippen LogP contribution in [0.2, 0.25) is 5.02 Å². The molecule has 0 radical (unpaired) electrons. The van der Waals surface area contributed by atoms with E-state index in [4.69, 9.17) is 21.1 Å². The van der Waals surface area contributed by atoms with Gasteiger partial charge in [0, 0.05) is 27.9 Å². The number of nitrogens with zero attached hydrogens (tertiary/aromatic N) is 2. The third-order valence-corrected chi connectivity index (χ3v) is 5.95. The van der Waals surface area contributed by atoms with E-state index in [1.165, 1.54) is 0 Å². The van der Waals surface area contributed by atoms with Crippen molar-refractivity contribution in [1.29, 1.82) is 0 Å². The van der Waals surface area contributed by atoms with E-state index in [2.05, 4.69) is 4.98 Å². The molecule has 0 unspecified atom stereocenters. The summed E-state index contributed by atoms with van der Waals surface area (Å²) in [5, 5.41) is 1.60. The summed E-state index contributed by atoms with van der Waals surface area (Å²) in [7, 11) is 3.18. The highest BCUT2D eigenvalue weighted by atomic mass is 35.5. The zero-order chi connectivity index (χ0) is 23.7. The number of carbonyl (C=O) groups excluding carboxylic acids is 1. The number of pyridine rings is 1. The van der Waals surface area contributed by atoms with E-state index >= 15 is 0 Å². The van der Waals surface area contributed by atoms with Gasteiger partial charge in [-0.2, -0.15) is 0 Å². The molecular weight excluding hydrogens is 448 g/mol. The van der Waals surface area contributed by atoms with Crippen LogP contribution in [0.3, 0.4) is 0 Å². The Morgan fingerprint density at radius 1 is 0.912 bits per heavy atom. The van der Waals surface area contributed by atoms with Gasteiger partial charge in [0.05, 0.1) is 25.4 Å². The van der Waals surface area contributed by atoms with Gasteiger partial charge in [-0.05, 0) is 71.8 Å². The van der Waals surface area contributed by atoms with Crippen molar-refractivity contribution >= 4 is 45.9 Å². The van der Waals surface area contributed by atoms with Crippen LogP contribution in [-0.2, 0) is 4.79 Å². The van der Waals surface area contributed by atoms with Gasteiger partial charge in [0.1, 0.15) is 0 Å². The van der Waals surface area contributed by atoms with Crippen molar-refractivity contribution in [1.82, 2.24) is 4.98 Å². The van der Waals surface area contributed by atoms with Crippen molar-refractivity contribution in [2.24, 2.45) is 0 Å². The molecule has 0 atom stereocenters. The van der Waals surface area contributed by atoms with Gasteiger partial charge in [-0.1, -0.05) is 35.9 Å². The van der Waals surface area contributed by atoms with Crippen molar-refractivity contribution < 1.29 is 14.3 Å². The molecular formula is C28H21ClN2O3. The molecule has 168 valence electrons. The van der Waals surface area contributed by atoms with E-state index in [1.54, 1.807) is 25.3 Å². The van der Waals surface area contributed by atoms with Crippen molar-refractivity contribution in [2.75, 3.05) is 19.1 Å². The Morgan fingerprint density at radius 3 is 2.47 bits per heavy atom. The largest absolute Gasteiger partial charge is 0.493 e. The number of methoxy groups -OCH3 is 2. The Morgan fingerprint density at radius 2 is 1.71 bits per heavy atom. The highest BCUT2D eigenvalue weighted by molar-refractivity contribution is 6.30. The Labute approximate surface area is 202 Å². The summed E-state index contributed by atoms with van der Waals surface area (Å²) >= 11 is 6.11. The van der Waals surface area contributed by atoms with Gasteiger partial charge in [-0.15, -0.1) is 0 Å². The number of hydrogen-bond acceptors (Lipinski definition) is 4. The van der Waals surface area contributed by atoms with Crippen LogP contribution in [-0.4, -0.2) is 25.1 Å². The molecule has 1 aliphatic heterocycles. The molecule has 1 aromatic heterocycles. The number of halogens is 1. The van der Waals surface area contributed by atoms with Crippen LogP contribution in [0.4, 0.5) is 5.69 Å². The fraction of sp³-hybridized carbons (Fsp3) is 0.0714. The number of amides is 1. The Balaban J connectivity index is 1.62. The molecule has 3 aromatic carbocycles. The fourth-order valence-electron chi connectivity index (χ4n) is 4.03. The Kier molecular flexibility index (Phi) is 5.78. The maximum absolute atomic E-state index is 13.7. The third kappa shape index (κ3) is 4.02. The molecule has 0 saturated carbocycles. The first-order chi connectivity index (χ1) is 16.6. The van der Waals surface area contributed by atoms with Crippen LogP contribution in [0, 0.1) is 0 Å². The summed E-state index contributed by atoms with van der Waals surface area (Å²) in [4.78, 5) is 19.8. The molecule has 5 rings (SSSR count). The molecule has 0 fully saturated rings. The second kappa shape index (κ2) is 9.04. The van der Waals surface area contributed by atoms with Gasteiger partial charge in [0.15, 0.2) is 11.5 Å². The predicted octanol–water partition coefficient (Wildman–Crippen LogP) is 6.38. The number of aromatic nitrogens is 1. The number of hydrogen-bond donors (Lipinski definition) is 0. The van der Waals surface area contributed by atoms with Gasteiger partial charge >= 0.3 is 0 Å². The molecule has 0 N–H and O–H groups in total. The maximum atomic E-state index is 13.7. The monoisotopic (exact) mass is 468 g/mol. The molecule has 6 heteroatoms. The summed E-state index contributed by atoms with van der Waals surface area (Å²) in [5.41, 5.74) is 4.69. The van der Waals surface area contributed by atoms with E-state index in [0.29, 0.717) is 22.1 Å². The Hall–Kier alpha value is -4.09. The summed E-state index contributed by atoms with van der Waals surface area (Å²) in [5.74, 6) is 1.11. The molecule has 0 bridgehead atoms. The van der Waals surface area contributed by atoms with Crippen molar-refractivity contribution in [3.8, 4) is 11.5 Å². The average Bonchev–Trinajstić information content (AvgIpc) is 3.19. The van der Waals surface area contributed by atoms with Crippen LogP contribution in [0.5, 0.6) is 11.5 Å². The van der Waals surface area contributed by atoms with Gasteiger partial charge in [-0.25, -0.2) is 0 Å². The smallest absolute Gasteiger partial charge is 0.262 e. The molecule has 34 heavy (non-hydrogen) atoms. The normalized spacial score (nSPS) is 14.6. The third-order valence-electron chi connectivity index (χ3n) is 5.70. The lowest BCUT2D eigenvalue weighted by molar-refractivity contribution is -0.113. The highest BCUT2D eigenvalue weighted by Crippen LogP contribution is 2.37. The van der Waals surface area contributed by atoms with Crippen LogP contribution < -0.4 is 14.4 Å². The lowest BCUT2D eigenvalue weighted by Gasteiger charge is -2.21. The van der Waals surface area contributed by atoms with E-state index in [9.17, 15) is 4.79 Å². The minimum Gasteiger partial charge on any atom is -0.493 e. The molecule has 2 heterocycles. The second-order valence-electron chi connectivity index (χ2n) is 7.77.